The van der Waals surface area contributed by atoms with Gasteiger partial charge in [0.1, 0.15) is 6.07 Å². The molecule has 3 nitrogen and oxygen atoms in total. The molecule has 1 rings (SSSR count). The number of nitriles is 1. The Balaban J connectivity index is 2.86. The van der Waals surface area contributed by atoms with Crippen molar-refractivity contribution in [3.05, 3.63) is 24.3 Å². The number of hydrogen-bond donors (Lipinski definition) is 0. The van der Waals surface area contributed by atoms with Crippen molar-refractivity contribution in [2.45, 2.75) is 0 Å². The first-order valence-electron chi connectivity index (χ1n) is 2.78. The van der Waals surface area contributed by atoms with Gasteiger partial charge in [0.2, 0.25) is 0 Å². The van der Waals surface area contributed by atoms with Crippen LogP contribution < -0.4 is 0 Å². The van der Waals surface area contributed by atoms with E-state index in [2.05, 4.69) is 10.2 Å². The Morgan fingerprint density at radius 1 is 1.30 bits per heavy atom. The van der Waals surface area contributed by atoms with E-state index in [1.807, 2.05) is 6.07 Å². The summed E-state index contributed by atoms with van der Waals surface area (Å²) in [6.45, 7) is 0. The molecule has 0 bridgehead atoms. The molecule has 0 N–H and O–H groups in total. The van der Waals surface area contributed by atoms with Crippen LogP contribution in [0.1, 0.15) is 0 Å². The normalized spacial score (nSPS) is 30.1. The maximum atomic E-state index is 8.38. The SMILES string of the molecule is N#CC1=N/N=C\C=C/C=C\1. The molecule has 1 aliphatic heterocycles. The third kappa shape index (κ3) is 1.67. The highest BCUT2D eigenvalue weighted by molar-refractivity contribution is 6.07. The molecule has 0 spiro atoms. The first-order chi connectivity index (χ1) is 4.93. The van der Waals surface area contributed by atoms with E-state index in [1.165, 1.54) is 6.21 Å². The van der Waals surface area contributed by atoms with Crippen LogP contribution in [0, 0.1) is 11.3 Å². The fourth-order valence-electron chi connectivity index (χ4n) is 0.488. The van der Waals surface area contributed by atoms with Crippen molar-refractivity contribution in [2.24, 2.45) is 10.2 Å². The second-order valence-corrected chi connectivity index (χ2v) is 1.61. The first-order valence-corrected chi connectivity index (χ1v) is 2.78. The zero-order valence-electron chi connectivity index (χ0n) is 5.23. The highest BCUT2D eigenvalue weighted by Gasteiger charge is 1.87. The predicted octanol–water partition coefficient (Wildman–Crippen LogP) is 1.06. The molecule has 0 fully saturated rings. The number of hydrogen-bond acceptors (Lipinski definition) is 3. The summed E-state index contributed by atoms with van der Waals surface area (Å²) in [5.74, 6) is 0. The Hall–Kier alpha value is -1.69. The molecular weight excluding hydrogens is 126 g/mol. The molecule has 1 heterocycles. The molecule has 1 aliphatic rings. The molecule has 0 aromatic heterocycles. The van der Waals surface area contributed by atoms with E-state index in [0.717, 1.165) is 0 Å². The van der Waals surface area contributed by atoms with Gasteiger partial charge in [0.25, 0.3) is 0 Å². The Bertz CT molecular complexity index is 263. The summed E-state index contributed by atoms with van der Waals surface area (Å²) in [6.07, 6.45) is 8.41. The van der Waals surface area contributed by atoms with Crippen LogP contribution in [0.3, 0.4) is 0 Å². The van der Waals surface area contributed by atoms with E-state index in [1.54, 1.807) is 24.3 Å². The monoisotopic (exact) mass is 131 g/mol. The molecule has 3 heteroatoms. The van der Waals surface area contributed by atoms with Crippen LogP contribution in [-0.4, -0.2) is 11.9 Å². The van der Waals surface area contributed by atoms with Gasteiger partial charge in [0.05, 0.1) is 0 Å². The van der Waals surface area contributed by atoms with E-state index in [0.29, 0.717) is 5.71 Å². The van der Waals surface area contributed by atoms with Crippen molar-refractivity contribution in [3.8, 4) is 6.07 Å². The maximum Gasteiger partial charge on any atom is 0.163 e. The van der Waals surface area contributed by atoms with Gasteiger partial charge >= 0.3 is 0 Å². The van der Waals surface area contributed by atoms with Gasteiger partial charge in [-0.2, -0.15) is 10.4 Å². The van der Waals surface area contributed by atoms with E-state index in [9.17, 15) is 0 Å². The van der Waals surface area contributed by atoms with Crippen LogP contribution in [-0.2, 0) is 0 Å². The van der Waals surface area contributed by atoms with Gasteiger partial charge in [-0.25, -0.2) is 0 Å². The van der Waals surface area contributed by atoms with Gasteiger partial charge < -0.3 is 0 Å². The number of rotatable bonds is 0. The number of nitrogens with zero attached hydrogens (tertiary/aromatic N) is 3. The van der Waals surface area contributed by atoms with E-state index in [-0.39, 0.29) is 0 Å². The van der Waals surface area contributed by atoms with Crippen molar-refractivity contribution < 1.29 is 0 Å². The topological polar surface area (TPSA) is 48.5 Å². The minimum atomic E-state index is 0.320. The van der Waals surface area contributed by atoms with E-state index in [4.69, 9.17) is 5.26 Å². The first kappa shape index (κ1) is 6.43. The second-order valence-electron chi connectivity index (χ2n) is 1.61. The summed E-state index contributed by atoms with van der Waals surface area (Å²) in [6, 6.07) is 1.89. The zero-order chi connectivity index (χ0) is 7.23. The maximum absolute atomic E-state index is 8.38. The van der Waals surface area contributed by atoms with Gasteiger partial charge in [0, 0.05) is 6.21 Å². The van der Waals surface area contributed by atoms with Crippen LogP contribution in [0.5, 0.6) is 0 Å². The lowest BCUT2D eigenvalue weighted by atomic mass is 10.3. The lowest BCUT2D eigenvalue weighted by molar-refractivity contribution is 1.26. The van der Waals surface area contributed by atoms with Crippen LogP contribution >= 0.6 is 0 Å². The van der Waals surface area contributed by atoms with Crippen molar-refractivity contribution in [2.75, 3.05) is 0 Å². The molecule has 10 heavy (non-hydrogen) atoms. The van der Waals surface area contributed by atoms with Crippen LogP contribution in [0.2, 0.25) is 0 Å². The Morgan fingerprint density at radius 3 is 3.00 bits per heavy atom. The molecule has 0 atom stereocenters. The van der Waals surface area contributed by atoms with Crippen LogP contribution in [0.4, 0.5) is 0 Å². The van der Waals surface area contributed by atoms with Crippen LogP contribution in [0.25, 0.3) is 0 Å². The summed E-state index contributed by atoms with van der Waals surface area (Å²) in [5.41, 5.74) is 0.320. The molecule has 0 unspecified atom stereocenters. The quantitative estimate of drug-likeness (QED) is 0.485. The van der Waals surface area contributed by atoms with Gasteiger partial charge in [-0.05, 0) is 12.2 Å². The van der Waals surface area contributed by atoms with Crippen molar-refractivity contribution in [1.29, 1.82) is 5.26 Å². The lowest BCUT2D eigenvalue weighted by Crippen LogP contribution is -1.86. The highest BCUT2D eigenvalue weighted by Crippen LogP contribution is 1.86. The smallest absolute Gasteiger partial charge is 0.163 e. The average molecular weight is 131 g/mol. The minimum absolute atomic E-state index is 0.320. The standard InChI is InChI=1S/C7H5N3/c8-6-7-4-2-1-3-5-9-10-7/h1-5H/b2-1?,3-1-,4-2-,5-3?,7-4?,9-5-,10-7+,10-9?. The average Bonchev–Trinajstić information content (AvgIpc) is 1.87. The van der Waals surface area contributed by atoms with Crippen molar-refractivity contribution in [3.63, 3.8) is 0 Å². The minimum Gasteiger partial charge on any atom is -0.191 e. The highest BCUT2D eigenvalue weighted by atomic mass is 15.2. The molecule has 0 amide bonds. The third-order valence-corrected chi connectivity index (χ3v) is 0.909. The summed E-state index contributed by atoms with van der Waals surface area (Å²) >= 11 is 0. The fraction of sp³-hybridized carbons (Fsp3) is 0. The largest absolute Gasteiger partial charge is 0.191 e. The van der Waals surface area contributed by atoms with E-state index >= 15 is 0 Å². The van der Waals surface area contributed by atoms with Gasteiger partial charge in [-0.1, -0.05) is 12.2 Å². The fourth-order valence-corrected chi connectivity index (χ4v) is 0.488. The summed E-state index contributed by atoms with van der Waals surface area (Å²) in [7, 11) is 0. The van der Waals surface area contributed by atoms with Crippen molar-refractivity contribution >= 4 is 11.9 Å². The van der Waals surface area contributed by atoms with Crippen LogP contribution in [0.15, 0.2) is 34.5 Å². The molecule has 48 valence electrons. The van der Waals surface area contributed by atoms with Gasteiger partial charge in [0.15, 0.2) is 5.71 Å². The lowest BCUT2D eigenvalue weighted by Gasteiger charge is -1.83. The van der Waals surface area contributed by atoms with Crippen molar-refractivity contribution in [1.82, 2.24) is 0 Å². The van der Waals surface area contributed by atoms with Gasteiger partial charge in [-0.15, -0.1) is 5.10 Å². The molecule has 0 saturated carbocycles. The molecule has 0 aliphatic carbocycles. The zero-order valence-corrected chi connectivity index (χ0v) is 5.23. The Morgan fingerprint density at radius 2 is 2.20 bits per heavy atom. The predicted molar refractivity (Wildman–Crippen MR) is 39.8 cm³/mol. The molecule has 0 radical (unpaired) electrons. The molecule has 0 aromatic carbocycles. The molecule has 0 saturated heterocycles. The molecular formula is C7H5N3. The summed E-state index contributed by atoms with van der Waals surface area (Å²) < 4.78 is 0. The van der Waals surface area contributed by atoms with Gasteiger partial charge in [-0.3, -0.25) is 0 Å². The second kappa shape index (κ2) is 3.36. The Kier molecular flexibility index (Phi) is 2.16. The number of allylic oxidation sites excluding steroid dienone is 4. The van der Waals surface area contributed by atoms with E-state index < -0.39 is 0 Å². The summed E-state index contributed by atoms with van der Waals surface area (Å²) in [4.78, 5) is 0. The Labute approximate surface area is 58.7 Å². The summed E-state index contributed by atoms with van der Waals surface area (Å²) in [5, 5.41) is 15.6. The third-order valence-electron chi connectivity index (χ3n) is 0.909. The molecule has 0 aromatic rings.